The van der Waals surface area contributed by atoms with E-state index in [9.17, 15) is 9.59 Å². The van der Waals surface area contributed by atoms with Crippen molar-refractivity contribution in [3.63, 3.8) is 0 Å². The van der Waals surface area contributed by atoms with Crippen molar-refractivity contribution in [3.8, 4) is 11.5 Å². The molecular formula is C9H11N5O3. The molecule has 0 spiro atoms. The summed E-state index contributed by atoms with van der Waals surface area (Å²) in [6.07, 6.45) is 1.68. The Bertz CT molecular complexity index is 608. The van der Waals surface area contributed by atoms with E-state index in [1.807, 2.05) is 0 Å². The van der Waals surface area contributed by atoms with Crippen molar-refractivity contribution in [2.45, 2.75) is 13.0 Å². The predicted molar refractivity (Wildman–Crippen MR) is 57.4 cm³/mol. The van der Waals surface area contributed by atoms with Gasteiger partial charge in [-0.2, -0.15) is 10.2 Å². The van der Waals surface area contributed by atoms with Gasteiger partial charge in [-0.05, 0) is 13.0 Å². The van der Waals surface area contributed by atoms with Crippen molar-refractivity contribution >= 4 is 5.97 Å². The minimum absolute atomic E-state index is 0.213. The largest absolute Gasteiger partial charge is 0.480 e. The highest BCUT2D eigenvalue weighted by Gasteiger charge is 2.22. The van der Waals surface area contributed by atoms with Gasteiger partial charge in [0.25, 0.3) is 0 Å². The third-order valence-electron chi connectivity index (χ3n) is 2.39. The number of carbonyl (C=O) groups is 1. The summed E-state index contributed by atoms with van der Waals surface area (Å²) in [5.41, 5.74) is -0.125. The van der Waals surface area contributed by atoms with Crippen LogP contribution in [0.4, 0.5) is 0 Å². The molecule has 1 unspecified atom stereocenters. The van der Waals surface area contributed by atoms with Crippen molar-refractivity contribution in [3.05, 3.63) is 22.7 Å². The number of nitrogens with zero attached hydrogens (tertiary/aromatic N) is 4. The van der Waals surface area contributed by atoms with Gasteiger partial charge >= 0.3 is 11.7 Å². The van der Waals surface area contributed by atoms with Gasteiger partial charge < -0.3 is 5.11 Å². The quantitative estimate of drug-likeness (QED) is 0.756. The second-order valence-electron chi connectivity index (χ2n) is 3.61. The van der Waals surface area contributed by atoms with Gasteiger partial charge in [0.05, 0.1) is 0 Å². The van der Waals surface area contributed by atoms with E-state index in [1.54, 1.807) is 24.0 Å². The molecule has 0 fully saturated rings. The minimum Gasteiger partial charge on any atom is -0.480 e. The van der Waals surface area contributed by atoms with E-state index in [1.165, 1.54) is 6.92 Å². The van der Waals surface area contributed by atoms with Gasteiger partial charge in [0.15, 0.2) is 5.82 Å². The van der Waals surface area contributed by atoms with E-state index in [0.717, 1.165) is 4.57 Å². The summed E-state index contributed by atoms with van der Waals surface area (Å²) in [5, 5.41) is 19.0. The zero-order chi connectivity index (χ0) is 12.6. The molecule has 0 saturated heterocycles. The molecule has 0 aliphatic carbocycles. The molecule has 1 atom stereocenters. The molecule has 90 valence electrons. The van der Waals surface area contributed by atoms with Gasteiger partial charge in [0.2, 0.25) is 0 Å². The molecule has 2 N–H and O–H groups in total. The maximum absolute atomic E-state index is 11.5. The normalized spacial score (nSPS) is 12.6. The Morgan fingerprint density at radius 1 is 1.59 bits per heavy atom. The molecule has 0 aliphatic rings. The van der Waals surface area contributed by atoms with Gasteiger partial charge in [0, 0.05) is 13.2 Å². The Hall–Kier alpha value is -2.38. The summed E-state index contributed by atoms with van der Waals surface area (Å²) in [6, 6.07) is 0.652. The summed E-state index contributed by atoms with van der Waals surface area (Å²) in [4.78, 5) is 22.4. The Kier molecular flexibility index (Phi) is 2.54. The van der Waals surface area contributed by atoms with Crippen LogP contribution in [0.3, 0.4) is 0 Å². The molecule has 0 radical (unpaired) electrons. The summed E-state index contributed by atoms with van der Waals surface area (Å²) in [7, 11) is 1.72. The lowest BCUT2D eigenvalue weighted by Gasteiger charge is -2.07. The fraction of sp³-hybridized carbons (Fsp3) is 0.333. The smallest absolute Gasteiger partial charge is 0.344 e. The van der Waals surface area contributed by atoms with E-state index in [-0.39, 0.29) is 5.82 Å². The number of carboxylic acid groups (broad SMARTS) is 1. The number of hydrogen-bond donors (Lipinski definition) is 2. The van der Waals surface area contributed by atoms with Crippen molar-refractivity contribution in [1.29, 1.82) is 0 Å². The number of aromatic nitrogens is 5. The molecule has 17 heavy (non-hydrogen) atoms. The van der Waals surface area contributed by atoms with E-state index >= 15 is 0 Å². The number of hydrogen-bond acceptors (Lipinski definition) is 4. The standard InChI is InChI=1S/C9H11N5O3/c1-5(8(15)16)14-7(10-11-9(14)17)6-3-4-13(2)12-6/h3-5H,1-2H3,(H,11,17)(H,15,16). The highest BCUT2D eigenvalue weighted by molar-refractivity contribution is 5.72. The van der Waals surface area contributed by atoms with Crippen LogP contribution in [0.5, 0.6) is 0 Å². The molecule has 0 aromatic carbocycles. The highest BCUT2D eigenvalue weighted by atomic mass is 16.4. The third-order valence-corrected chi connectivity index (χ3v) is 2.39. The average Bonchev–Trinajstić information content (AvgIpc) is 2.83. The first-order valence-electron chi connectivity index (χ1n) is 4.90. The summed E-state index contributed by atoms with van der Waals surface area (Å²) in [6.45, 7) is 1.41. The summed E-state index contributed by atoms with van der Waals surface area (Å²) >= 11 is 0. The lowest BCUT2D eigenvalue weighted by molar-refractivity contribution is -0.140. The van der Waals surface area contributed by atoms with Crippen LogP contribution in [0.1, 0.15) is 13.0 Å². The van der Waals surface area contributed by atoms with Gasteiger partial charge in [-0.15, -0.1) is 0 Å². The molecular weight excluding hydrogens is 226 g/mol. The van der Waals surface area contributed by atoms with Crippen LogP contribution in [0.25, 0.3) is 11.5 Å². The monoisotopic (exact) mass is 237 g/mol. The third kappa shape index (κ3) is 1.84. The lowest BCUT2D eigenvalue weighted by atomic mass is 10.3. The zero-order valence-corrected chi connectivity index (χ0v) is 9.28. The van der Waals surface area contributed by atoms with Gasteiger partial charge in [-0.25, -0.2) is 14.7 Å². The van der Waals surface area contributed by atoms with Crippen molar-refractivity contribution in [1.82, 2.24) is 24.5 Å². The number of nitrogens with one attached hydrogen (secondary N) is 1. The van der Waals surface area contributed by atoms with Crippen LogP contribution < -0.4 is 5.69 Å². The van der Waals surface area contributed by atoms with Crippen molar-refractivity contribution in [2.75, 3.05) is 0 Å². The summed E-state index contributed by atoms with van der Waals surface area (Å²) in [5.74, 6) is -0.892. The SMILES string of the molecule is CC(C(=O)O)n1c(-c2ccn(C)n2)n[nH]c1=O. The maximum atomic E-state index is 11.5. The van der Waals surface area contributed by atoms with Crippen molar-refractivity contribution < 1.29 is 9.90 Å². The Balaban J connectivity index is 2.57. The second-order valence-corrected chi connectivity index (χ2v) is 3.61. The van der Waals surface area contributed by atoms with Crippen LogP contribution in [-0.4, -0.2) is 35.6 Å². The number of aromatic amines is 1. The molecule has 2 rings (SSSR count). The lowest BCUT2D eigenvalue weighted by Crippen LogP contribution is -2.26. The van der Waals surface area contributed by atoms with E-state index < -0.39 is 17.7 Å². The van der Waals surface area contributed by atoms with E-state index in [0.29, 0.717) is 5.69 Å². The van der Waals surface area contributed by atoms with Crippen LogP contribution in [0.2, 0.25) is 0 Å². The molecule has 2 aromatic heterocycles. The predicted octanol–water partition coefficient (Wildman–Crippen LogP) is -0.383. The topological polar surface area (TPSA) is 106 Å². The first kappa shape index (κ1) is 11.1. The van der Waals surface area contributed by atoms with Crippen LogP contribution in [-0.2, 0) is 11.8 Å². The molecule has 8 nitrogen and oxygen atoms in total. The zero-order valence-electron chi connectivity index (χ0n) is 9.28. The van der Waals surface area contributed by atoms with Crippen LogP contribution >= 0.6 is 0 Å². The van der Waals surface area contributed by atoms with E-state index in [2.05, 4.69) is 15.3 Å². The molecule has 0 aliphatic heterocycles. The summed E-state index contributed by atoms with van der Waals surface area (Å²) < 4.78 is 2.61. The fourth-order valence-corrected chi connectivity index (χ4v) is 1.49. The first-order chi connectivity index (χ1) is 8.00. The molecule has 2 heterocycles. The van der Waals surface area contributed by atoms with Crippen molar-refractivity contribution in [2.24, 2.45) is 7.05 Å². The molecule has 0 amide bonds. The first-order valence-corrected chi connectivity index (χ1v) is 4.90. The van der Waals surface area contributed by atoms with Gasteiger partial charge in [-0.3, -0.25) is 9.25 Å². The Labute approximate surface area is 95.5 Å². The Morgan fingerprint density at radius 3 is 2.82 bits per heavy atom. The Morgan fingerprint density at radius 2 is 2.29 bits per heavy atom. The number of aliphatic carboxylic acids is 1. The molecule has 8 heteroatoms. The average molecular weight is 237 g/mol. The number of rotatable bonds is 3. The molecule has 0 saturated carbocycles. The maximum Gasteiger partial charge on any atom is 0.344 e. The van der Waals surface area contributed by atoms with E-state index in [4.69, 9.17) is 5.11 Å². The second kappa shape index (κ2) is 3.89. The molecule has 2 aromatic rings. The minimum atomic E-state index is -1.11. The highest BCUT2D eigenvalue weighted by Crippen LogP contribution is 2.15. The number of aryl methyl sites for hydroxylation is 1. The fourth-order valence-electron chi connectivity index (χ4n) is 1.49. The number of carboxylic acids is 1. The van der Waals surface area contributed by atoms with Crippen LogP contribution in [0.15, 0.2) is 17.1 Å². The molecule has 0 bridgehead atoms. The van der Waals surface area contributed by atoms with Gasteiger partial charge in [0.1, 0.15) is 11.7 Å². The van der Waals surface area contributed by atoms with Gasteiger partial charge in [-0.1, -0.05) is 0 Å². The number of H-pyrrole nitrogens is 1. The van der Waals surface area contributed by atoms with Crippen LogP contribution in [0, 0.1) is 0 Å².